The molecule has 0 fully saturated rings. The van der Waals surface area contributed by atoms with Crippen LogP contribution in [0.5, 0.6) is 0 Å². The standard InChI is InChI=1S/C27H48N4O9S/c1-2-3-4-5-6-7-8-9-10-11-12-13-22(32)30-20(27(39)40)14-15-23(33)31-21(25(36)29-16-24(34)35)18-41-17-19(28)26(37)38/h19-21H,2-18,28H2,1H3,(H,29,36)(H,30,32)(H,31,33)(H,34,35)(H,37,38)(H,39,40)/t19-,20+,21+/m0/s1. The molecule has 0 saturated carbocycles. The first-order valence-corrected chi connectivity index (χ1v) is 15.5. The molecule has 236 valence electrons. The summed E-state index contributed by atoms with van der Waals surface area (Å²) in [6, 6.07) is -3.68. The number of carboxylic acid groups (broad SMARTS) is 3. The molecule has 0 aromatic heterocycles. The SMILES string of the molecule is CCCCCCCCCCCCCC(=O)N[C@H](CCC(=O)N[C@H](CSC[C@H](N)C(=O)O)C(=O)NCC(=O)O)C(=O)O. The number of hydrogen-bond donors (Lipinski definition) is 7. The van der Waals surface area contributed by atoms with E-state index in [0.717, 1.165) is 31.0 Å². The molecule has 0 aromatic rings. The first kappa shape index (κ1) is 38.1. The minimum atomic E-state index is -1.29. The lowest BCUT2D eigenvalue weighted by molar-refractivity contribution is -0.142. The predicted octanol–water partition coefficient (Wildman–Crippen LogP) is 1.87. The Hall–Kier alpha value is -2.87. The molecule has 0 rings (SSSR count). The molecule has 0 aliphatic heterocycles. The second-order valence-corrected chi connectivity index (χ2v) is 11.1. The zero-order valence-corrected chi connectivity index (χ0v) is 24.8. The van der Waals surface area contributed by atoms with Gasteiger partial charge in [-0.1, -0.05) is 71.1 Å². The predicted molar refractivity (Wildman–Crippen MR) is 155 cm³/mol. The maximum atomic E-state index is 12.5. The van der Waals surface area contributed by atoms with E-state index in [9.17, 15) is 33.9 Å². The number of amides is 3. The maximum Gasteiger partial charge on any atom is 0.326 e. The van der Waals surface area contributed by atoms with Crippen molar-refractivity contribution in [1.82, 2.24) is 16.0 Å². The van der Waals surface area contributed by atoms with E-state index in [1.807, 2.05) is 0 Å². The third-order valence-corrected chi connectivity index (χ3v) is 7.43. The van der Waals surface area contributed by atoms with Gasteiger partial charge < -0.3 is 37.0 Å². The van der Waals surface area contributed by atoms with Crippen molar-refractivity contribution in [2.24, 2.45) is 5.73 Å². The number of rotatable bonds is 26. The molecule has 0 radical (unpaired) electrons. The quantitative estimate of drug-likeness (QED) is 0.0705. The highest BCUT2D eigenvalue weighted by Gasteiger charge is 2.25. The highest BCUT2D eigenvalue weighted by atomic mass is 32.2. The van der Waals surface area contributed by atoms with Crippen molar-refractivity contribution in [3.8, 4) is 0 Å². The fourth-order valence-electron chi connectivity index (χ4n) is 3.87. The summed E-state index contributed by atoms with van der Waals surface area (Å²) in [6.45, 7) is 1.51. The van der Waals surface area contributed by atoms with Crippen LogP contribution in [-0.2, 0) is 28.8 Å². The lowest BCUT2D eigenvalue weighted by Crippen LogP contribution is -2.50. The molecule has 13 nitrogen and oxygen atoms in total. The van der Waals surface area contributed by atoms with Crippen LogP contribution in [0.4, 0.5) is 0 Å². The van der Waals surface area contributed by atoms with E-state index in [1.165, 1.54) is 44.9 Å². The number of thioether (sulfide) groups is 1. The van der Waals surface area contributed by atoms with Crippen LogP contribution in [0.15, 0.2) is 0 Å². The first-order valence-electron chi connectivity index (χ1n) is 14.3. The molecule has 0 heterocycles. The Bertz CT molecular complexity index is 829. The van der Waals surface area contributed by atoms with Gasteiger partial charge in [0.05, 0.1) is 0 Å². The number of carboxylic acids is 3. The van der Waals surface area contributed by atoms with Gasteiger partial charge in [-0.3, -0.25) is 24.0 Å². The molecule has 3 atom stereocenters. The monoisotopic (exact) mass is 604 g/mol. The van der Waals surface area contributed by atoms with Gasteiger partial charge in [-0.25, -0.2) is 4.79 Å². The smallest absolute Gasteiger partial charge is 0.326 e. The van der Waals surface area contributed by atoms with Gasteiger partial charge in [0, 0.05) is 24.3 Å². The number of nitrogens with one attached hydrogen (secondary N) is 3. The van der Waals surface area contributed by atoms with Crippen LogP contribution < -0.4 is 21.7 Å². The molecule has 41 heavy (non-hydrogen) atoms. The number of nitrogens with two attached hydrogens (primary N) is 1. The third-order valence-electron chi connectivity index (χ3n) is 6.27. The zero-order chi connectivity index (χ0) is 31.0. The first-order chi connectivity index (χ1) is 19.5. The van der Waals surface area contributed by atoms with Crippen molar-refractivity contribution in [3.05, 3.63) is 0 Å². The number of unbranched alkanes of at least 4 members (excludes halogenated alkanes) is 10. The second kappa shape index (κ2) is 23.8. The molecule has 14 heteroatoms. The second-order valence-electron chi connectivity index (χ2n) is 10.00. The highest BCUT2D eigenvalue weighted by Crippen LogP contribution is 2.12. The van der Waals surface area contributed by atoms with Crippen LogP contribution in [0, 0.1) is 0 Å². The highest BCUT2D eigenvalue weighted by molar-refractivity contribution is 7.99. The van der Waals surface area contributed by atoms with Crippen molar-refractivity contribution < 1.29 is 44.1 Å². The van der Waals surface area contributed by atoms with Crippen LogP contribution in [0.3, 0.4) is 0 Å². The van der Waals surface area contributed by atoms with Gasteiger partial charge in [0.25, 0.3) is 0 Å². The van der Waals surface area contributed by atoms with E-state index in [-0.39, 0.29) is 30.8 Å². The van der Waals surface area contributed by atoms with E-state index < -0.39 is 60.3 Å². The molecule has 8 N–H and O–H groups in total. The average Bonchev–Trinajstić information content (AvgIpc) is 2.91. The van der Waals surface area contributed by atoms with E-state index in [4.69, 9.17) is 15.9 Å². The molecule has 0 aliphatic carbocycles. The normalized spacial score (nSPS) is 13.0. The zero-order valence-electron chi connectivity index (χ0n) is 24.0. The Labute approximate surface area is 246 Å². The molecular formula is C27H48N4O9S. The summed E-state index contributed by atoms with van der Waals surface area (Å²) in [4.78, 5) is 70.3. The lowest BCUT2D eigenvalue weighted by atomic mass is 10.0. The van der Waals surface area contributed by atoms with Gasteiger partial charge >= 0.3 is 17.9 Å². The van der Waals surface area contributed by atoms with Crippen molar-refractivity contribution in [1.29, 1.82) is 0 Å². The average molecular weight is 605 g/mol. The summed E-state index contributed by atoms with van der Waals surface area (Å²) in [7, 11) is 0. The van der Waals surface area contributed by atoms with Crippen LogP contribution >= 0.6 is 11.8 Å². The van der Waals surface area contributed by atoms with E-state index in [1.54, 1.807) is 0 Å². The molecule has 0 aromatic carbocycles. The third kappa shape index (κ3) is 21.5. The summed E-state index contributed by atoms with van der Waals surface area (Å²) in [6.07, 6.45) is 12.1. The van der Waals surface area contributed by atoms with Gasteiger partial charge in [-0.05, 0) is 12.8 Å². The molecule has 0 unspecified atom stereocenters. The van der Waals surface area contributed by atoms with Gasteiger partial charge in [-0.15, -0.1) is 0 Å². The van der Waals surface area contributed by atoms with Crippen molar-refractivity contribution >= 4 is 47.4 Å². The van der Waals surface area contributed by atoms with Gasteiger partial charge in [0.15, 0.2) is 0 Å². The molecule has 0 saturated heterocycles. The summed E-state index contributed by atoms with van der Waals surface area (Å²) < 4.78 is 0. The van der Waals surface area contributed by atoms with Crippen LogP contribution in [0.1, 0.15) is 96.8 Å². The summed E-state index contributed by atoms with van der Waals surface area (Å²) in [5, 5.41) is 34.1. The Morgan fingerprint density at radius 2 is 1.20 bits per heavy atom. The Kier molecular flexibility index (Phi) is 22.1. The largest absolute Gasteiger partial charge is 0.480 e. The number of carbonyl (C=O) groups excluding carboxylic acids is 3. The van der Waals surface area contributed by atoms with Crippen molar-refractivity contribution in [2.45, 2.75) is 115 Å². The minimum Gasteiger partial charge on any atom is -0.480 e. The van der Waals surface area contributed by atoms with E-state index in [0.29, 0.717) is 6.42 Å². The Morgan fingerprint density at radius 3 is 1.71 bits per heavy atom. The van der Waals surface area contributed by atoms with Gasteiger partial charge in [0.2, 0.25) is 17.7 Å². The maximum absolute atomic E-state index is 12.5. The van der Waals surface area contributed by atoms with Gasteiger partial charge in [0.1, 0.15) is 24.7 Å². The van der Waals surface area contributed by atoms with E-state index >= 15 is 0 Å². The molecule has 0 spiro atoms. The van der Waals surface area contributed by atoms with Crippen LogP contribution in [-0.4, -0.2) is 87.1 Å². The minimum absolute atomic E-state index is 0.0554. The summed E-state index contributed by atoms with van der Waals surface area (Å²) in [5.74, 6) is -5.86. The van der Waals surface area contributed by atoms with Crippen molar-refractivity contribution in [2.75, 3.05) is 18.1 Å². The van der Waals surface area contributed by atoms with Crippen LogP contribution in [0.25, 0.3) is 0 Å². The molecular weight excluding hydrogens is 556 g/mol. The molecule has 0 bridgehead atoms. The number of aliphatic carboxylic acids is 3. The number of carbonyl (C=O) groups is 6. The fourth-order valence-corrected chi connectivity index (χ4v) is 4.87. The lowest BCUT2D eigenvalue weighted by Gasteiger charge is -2.19. The summed E-state index contributed by atoms with van der Waals surface area (Å²) >= 11 is 0.978. The fraction of sp³-hybridized carbons (Fsp3) is 0.778. The van der Waals surface area contributed by atoms with Crippen LogP contribution in [0.2, 0.25) is 0 Å². The molecule has 0 aliphatic rings. The molecule has 3 amide bonds. The Morgan fingerprint density at radius 1 is 0.683 bits per heavy atom. The Balaban J connectivity index is 4.51. The van der Waals surface area contributed by atoms with Crippen molar-refractivity contribution in [3.63, 3.8) is 0 Å². The van der Waals surface area contributed by atoms with E-state index in [2.05, 4.69) is 22.9 Å². The topological polar surface area (TPSA) is 225 Å². The summed E-state index contributed by atoms with van der Waals surface area (Å²) in [5.41, 5.74) is 5.43. The van der Waals surface area contributed by atoms with Gasteiger partial charge in [-0.2, -0.15) is 11.8 Å². The number of hydrogen-bond acceptors (Lipinski definition) is 8.